The fraction of sp³-hybridized carbons (Fsp3) is 0.333. The third-order valence-electron chi connectivity index (χ3n) is 2.25. The molecule has 0 spiro atoms. The number of hydrogen-bond acceptors (Lipinski definition) is 2. The molecule has 0 amide bonds. The van der Waals surface area contributed by atoms with Crippen molar-refractivity contribution in [3.05, 3.63) is 34.1 Å². The molecule has 0 aliphatic carbocycles. The molecule has 0 radical (unpaired) electrons. The Bertz CT molecular complexity index is 439. The van der Waals surface area contributed by atoms with Gasteiger partial charge in [0, 0.05) is 4.47 Å². The molecule has 1 aromatic rings. The van der Waals surface area contributed by atoms with Gasteiger partial charge in [0.1, 0.15) is 11.7 Å². The molecule has 4 heteroatoms. The van der Waals surface area contributed by atoms with Crippen LogP contribution in [0, 0.1) is 23.1 Å². The Morgan fingerprint density at radius 1 is 1.62 bits per heavy atom. The number of rotatable bonds is 4. The van der Waals surface area contributed by atoms with Crippen LogP contribution in [0.5, 0.6) is 0 Å². The monoisotopic (exact) mass is 283 g/mol. The van der Waals surface area contributed by atoms with Crippen LogP contribution < -0.4 is 0 Å². The third kappa shape index (κ3) is 2.89. The predicted molar refractivity (Wildman–Crippen MR) is 62.4 cm³/mol. The summed E-state index contributed by atoms with van der Waals surface area (Å²) in [6, 6.07) is 6.14. The quantitative estimate of drug-likeness (QED) is 0.791. The van der Waals surface area contributed by atoms with Gasteiger partial charge < -0.3 is 0 Å². The van der Waals surface area contributed by atoms with Crippen LogP contribution in [0.3, 0.4) is 0 Å². The fourth-order valence-electron chi connectivity index (χ4n) is 1.42. The highest BCUT2D eigenvalue weighted by Crippen LogP contribution is 2.20. The molecule has 0 fully saturated rings. The number of Topliss-reactive ketones (excluding diaryl/α,β-unsaturated/α-hetero) is 1. The third-order valence-corrected chi connectivity index (χ3v) is 2.74. The van der Waals surface area contributed by atoms with Crippen molar-refractivity contribution < 1.29 is 9.18 Å². The van der Waals surface area contributed by atoms with Crippen LogP contribution in [-0.2, 0) is 0 Å². The Hall–Kier alpha value is -1.21. The summed E-state index contributed by atoms with van der Waals surface area (Å²) in [5.74, 6) is -1.77. The van der Waals surface area contributed by atoms with Crippen LogP contribution in [0.4, 0.5) is 4.39 Å². The summed E-state index contributed by atoms with van der Waals surface area (Å²) in [5, 5.41) is 8.83. The van der Waals surface area contributed by atoms with Crippen molar-refractivity contribution in [3.63, 3.8) is 0 Å². The summed E-state index contributed by atoms with van der Waals surface area (Å²) in [4.78, 5) is 11.8. The average Bonchev–Trinajstić information content (AvgIpc) is 2.25. The van der Waals surface area contributed by atoms with Gasteiger partial charge in [-0.3, -0.25) is 4.79 Å². The second kappa shape index (κ2) is 5.76. The van der Waals surface area contributed by atoms with E-state index in [4.69, 9.17) is 5.26 Å². The standard InChI is InChI=1S/C12H11BrFNO/c1-2-3-8(7-15)12(16)10-5-4-9(13)6-11(10)14/h4-6,8H,2-3H2,1H3. The highest BCUT2D eigenvalue weighted by atomic mass is 79.9. The van der Waals surface area contributed by atoms with Crippen molar-refractivity contribution in [2.45, 2.75) is 19.8 Å². The summed E-state index contributed by atoms with van der Waals surface area (Å²) < 4.78 is 14.1. The molecule has 1 aromatic carbocycles. The zero-order valence-corrected chi connectivity index (χ0v) is 10.4. The molecule has 0 bridgehead atoms. The molecule has 0 saturated carbocycles. The van der Waals surface area contributed by atoms with Crippen LogP contribution in [-0.4, -0.2) is 5.78 Å². The molecule has 84 valence electrons. The second-order valence-corrected chi connectivity index (χ2v) is 4.37. The van der Waals surface area contributed by atoms with E-state index in [9.17, 15) is 9.18 Å². The van der Waals surface area contributed by atoms with Gasteiger partial charge in [-0.2, -0.15) is 5.26 Å². The average molecular weight is 284 g/mol. The maximum absolute atomic E-state index is 13.5. The molecule has 0 aliphatic heterocycles. The number of benzene rings is 1. The van der Waals surface area contributed by atoms with Gasteiger partial charge in [0.25, 0.3) is 0 Å². The van der Waals surface area contributed by atoms with E-state index in [-0.39, 0.29) is 5.56 Å². The lowest BCUT2D eigenvalue weighted by molar-refractivity contribution is 0.0939. The van der Waals surface area contributed by atoms with Crippen molar-refractivity contribution >= 4 is 21.7 Å². The topological polar surface area (TPSA) is 40.9 Å². The highest BCUT2D eigenvalue weighted by Gasteiger charge is 2.21. The number of carbonyl (C=O) groups excluding carboxylic acids is 1. The zero-order valence-electron chi connectivity index (χ0n) is 8.84. The first-order valence-corrected chi connectivity index (χ1v) is 5.78. The molecule has 0 aliphatic rings. The highest BCUT2D eigenvalue weighted by molar-refractivity contribution is 9.10. The first-order valence-electron chi connectivity index (χ1n) is 4.99. The molecule has 0 aromatic heterocycles. The summed E-state index contributed by atoms with van der Waals surface area (Å²) in [5.41, 5.74) is -0.0109. The smallest absolute Gasteiger partial charge is 0.182 e. The molecule has 16 heavy (non-hydrogen) atoms. The molecule has 2 nitrogen and oxygen atoms in total. The number of carbonyl (C=O) groups is 1. The second-order valence-electron chi connectivity index (χ2n) is 3.46. The van der Waals surface area contributed by atoms with Gasteiger partial charge in [0.2, 0.25) is 0 Å². The van der Waals surface area contributed by atoms with Crippen molar-refractivity contribution in [1.29, 1.82) is 5.26 Å². The van der Waals surface area contributed by atoms with Gasteiger partial charge in [-0.25, -0.2) is 4.39 Å². The molecule has 0 N–H and O–H groups in total. The Morgan fingerprint density at radius 2 is 2.31 bits per heavy atom. The van der Waals surface area contributed by atoms with Crippen LogP contribution in [0.25, 0.3) is 0 Å². The van der Waals surface area contributed by atoms with E-state index in [0.29, 0.717) is 10.9 Å². The first-order chi connectivity index (χ1) is 7.60. The van der Waals surface area contributed by atoms with E-state index < -0.39 is 17.5 Å². The van der Waals surface area contributed by atoms with Gasteiger partial charge in [-0.1, -0.05) is 29.3 Å². The number of nitrogens with zero attached hydrogens (tertiary/aromatic N) is 1. The predicted octanol–water partition coefficient (Wildman–Crippen LogP) is 3.71. The first kappa shape index (κ1) is 12.9. The van der Waals surface area contributed by atoms with Crippen molar-refractivity contribution in [2.24, 2.45) is 5.92 Å². The van der Waals surface area contributed by atoms with Crippen LogP contribution in [0.2, 0.25) is 0 Å². The Morgan fingerprint density at radius 3 is 2.81 bits per heavy atom. The van der Waals surface area contributed by atoms with Gasteiger partial charge >= 0.3 is 0 Å². The van der Waals surface area contributed by atoms with E-state index in [1.165, 1.54) is 12.1 Å². The summed E-state index contributed by atoms with van der Waals surface area (Å²) in [7, 11) is 0. The minimum atomic E-state index is -0.749. The SMILES string of the molecule is CCCC(C#N)C(=O)c1ccc(Br)cc1F. The number of hydrogen-bond donors (Lipinski definition) is 0. The van der Waals surface area contributed by atoms with Gasteiger partial charge in [0.15, 0.2) is 5.78 Å². The Kier molecular flexibility index (Phi) is 4.63. The molecule has 0 heterocycles. The maximum atomic E-state index is 13.5. The van der Waals surface area contributed by atoms with Gasteiger partial charge in [0.05, 0.1) is 11.6 Å². The normalized spacial score (nSPS) is 11.9. The molecule has 0 saturated heterocycles. The molecule has 1 atom stereocenters. The molecule has 1 unspecified atom stereocenters. The number of halogens is 2. The van der Waals surface area contributed by atoms with Crippen molar-refractivity contribution in [2.75, 3.05) is 0 Å². The largest absolute Gasteiger partial charge is 0.293 e. The summed E-state index contributed by atoms with van der Waals surface area (Å²) >= 11 is 3.11. The van der Waals surface area contributed by atoms with Gasteiger partial charge in [-0.15, -0.1) is 0 Å². The van der Waals surface area contributed by atoms with Gasteiger partial charge in [-0.05, 0) is 24.6 Å². The lowest BCUT2D eigenvalue weighted by Gasteiger charge is -2.07. The molecular weight excluding hydrogens is 273 g/mol. The fourth-order valence-corrected chi connectivity index (χ4v) is 1.75. The van der Waals surface area contributed by atoms with Crippen LogP contribution >= 0.6 is 15.9 Å². The van der Waals surface area contributed by atoms with Crippen LogP contribution in [0.15, 0.2) is 22.7 Å². The van der Waals surface area contributed by atoms with E-state index in [1.807, 2.05) is 13.0 Å². The van der Waals surface area contributed by atoms with E-state index >= 15 is 0 Å². The molecular formula is C12H11BrFNO. The summed E-state index contributed by atoms with van der Waals surface area (Å²) in [6.07, 6.45) is 1.19. The lowest BCUT2D eigenvalue weighted by Crippen LogP contribution is -2.14. The van der Waals surface area contributed by atoms with E-state index in [0.717, 1.165) is 6.42 Å². The minimum absolute atomic E-state index is 0.0109. The Labute approximate surface area is 102 Å². The molecule has 1 rings (SSSR count). The number of nitriles is 1. The van der Waals surface area contributed by atoms with Crippen molar-refractivity contribution in [3.8, 4) is 6.07 Å². The van der Waals surface area contributed by atoms with Crippen molar-refractivity contribution in [1.82, 2.24) is 0 Å². The van der Waals surface area contributed by atoms with E-state index in [1.54, 1.807) is 6.07 Å². The maximum Gasteiger partial charge on any atom is 0.182 e. The zero-order chi connectivity index (χ0) is 12.1. The lowest BCUT2D eigenvalue weighted by atomic mass is 9.94. The van der Waals surface area contributed by atoms with Crippen LogP contribution in [0.1, 0.15) is 30.1 Å². The summed E-state index contributed by atoms with van der Waals surface area (Å²) in [6.45, 7) is 1.88. The number of ketones is 1. The minimum Gasteiger partial charge on any atom is -0.293 e. The van der Waals surface area contributed by atoms with E-state index in [2.05, 4.69) is 15.9 Å². The Balaban J connectivity index is 3.00.